The fourth-order valence-corrected chi connectivity index (χ4v) is 9.16. The predicted molar refractivity (Wildman–Crippen MR) is 182 cm³/mol. The van der Waals surface area contributed by atoms with Gasteiger partial charge in [-0.1, -0.05) is 109 Å². The summed E-state index contributed by atoms with van der Waals surface area (Å²) in [5.74, 6) is 0.162. The van der Waals surface area contributed by atoms with Crippen LogP contribution in [-0.4, -0.2) is 63.2 Å². The van der Waals surface area contributed by atoms with E-state index in [1.807, 2.05) is 79.7 Å². The van der Waals surface area contributed by atoms with Gasteiger partial charge in [0.15, 0.2) is 11.4 Å². The molecule has 2 bridgehead atoms. The molecule has 0 radical (unpaired) electrons. The largest absolute Gasteiger partial charge is 0.487 e. The van der Waals surface area contributed by atoms with Gasteiger partial charge in [0.1, 0.15) is 18.0 Å². The number of hydrogen-bond acceptors (Lipinski definition) is 6. The number of Topliss-reactive ketones (excluding diaryl/α,β-unsaturated/α-hetero) is 1. The number of aliphatic hydroxyl groups excluding tert-OH is 1. The summed E-state index contributed by atoms with van der Waals surface area (Å²) in [6.07, 6.45) is 6.57. The highest BCUT2D eigenvalue weighted by Crippen LogP contribution is 2.66. The highest BCUT2D eigenvalue weighted by molar-refractivity contribution is 6.09. The van der Waals surface area contributed by atoms with Crippen LogP contribution in [0.3, 0.4) is 0 Å². The molecule has 3 aliphatic carbocycles. The number of nitrogens with zero attached hydrogens (tertiary/aromatic N) is 2. The molecule has 2 N–H and O–H groups in total. The number of hydrogen-bond donors (Lipinski definition) is 2. The second-order valence-corrected chi connectivity index (χ2v) is 14.0. The van der Waals surface area contributed by atoms with Crippen molar-refractivity contribution in [1.29, 1.82) is 0 Å². The fraction of sp³-hybridized carbons (Fsp3) is 0.341. The predicted octanol–water partition coefficient (Wildman–Crippen LogP) is 6.04. The monoisotopic (exact) mass is 626 g/mol. The quantitative estimate of drug-likeness (QED) is 0.235. The van der Waals surface area contributed by atoms with E-state index in [2.05, 4.69) is 53.3 Å². The van der Waals surface area contributed by atoms with Crippen LogP contribution in [0.4, 0.5) is 0 Å². The molecule has 2 heterocycles. The molecule has 1 unspecified atom stereocenters. The average Bonchev–Trinajstić information content (AvgIpc) is 3.46. The maximum atomic E-state index is 15.0. The van der Waals surface area contributed by atoms with Gasteiger partial charge in [-0.2, -0.15) is 0 Å². The summed E-state index contributed by atoms with van der Waals surface area (Å²) in [6.45, 7) is 3.89. The summed E-state index contributed by atoms with van der Waals surface area (Å²) in [5.41, 5.74) is 4.24. The van der Waals surface area contributed by atoms with E-state index in [-0.39, 0.29) is 18.1 Å². The lowest BCUT2D eigenvalue weighted by Gasteiger charge is -2.58. The molecular formula is C41H42N2O4. The van der Waals surface area contributed by atoms with E-state index >= 15 is 4.79 Å². The molecule has 5 aliphatic rings. The molecule has 6 nitrogen and oxygen atoms in total. The smallest absolute Gasteiger partial charge is 0.200 e. The number of carbonyl (C=O) groups excluding carboxylic acids is 1. The van der Waals surface area contributed by atoms with E-state index in [9.17, 15) is 10.2 Å². The van der Waals surface area contributed by atoms with Crippen molar-refractivity contribution in [3.05, 3.63) is 148 Å². The summed E-state index contributed by atoms with van der Waals surface area (Å²) in [6, 6.07) is 30.9. The van der Waals surface area contributed by atoms with Crippen LogP contribution in [0.15, 0.2) is 132 Å². The highest BCUT2D eigenvalue weighted by atomic mass is 16.5. The lowest BCUT2D eigenvalue weighted by Crippen LogP contribution is -2.62. The van der Waals surface area contributed by atoms with Gasteiger partial charge in [-0.3, -0.25) is 4.79 Å². The Labute approximate surface area is 277 Å². The van der Waals surface area contributed by atoms with Crippen LogP contribution in [0.25, 0.3) is 5.70 Å². The third-order valence-corrected chi connectivity index (χ3v) is 11.4. The summed E-state index contributed by atoms with van der Waals surface area (Å²) in [5, 5.41) is 24.0. The number of ether oxygens (including phenoxy) is 1. The van der Waals surface area contributed by atoms with Gasteiger partial charge in [0, 0.05) is 48.0 Å². The molecular weight excluding hydrogens is 584 g/mol. The van der Waals surface area contributed by atoms with Crippen molar-refractivity contribution >= 4 is 11.5 Å². The van der Waals surface area contributed by atoms with Gasteiger partial charge in [0.05, 0.1) is 5.70 Å². The zero-order valence-corrected chi connectivity index (χ0v) is 27.0. The molecule has 3 aromatic carbocycles. The van der Waals surface area contributed by atoms with Crippen molar-refractivity contribution in [1.82, 2.24) is 9.80 Å². The molecule has 3 aromatic rings. The molecule has 47 heavy (non-hydrogen) atoms. The standard InChI is InChI=1S/C41H42N2O4/c1-27(36(30-16-10-5-11-17-30)43(25-28-12-6-3-7-13-28)26-29-14-8-4-9-15-29)37(45)41(46)21-20-31-24-33-32-18-19-34(44)38-40(32,22-23-42(33)2)35(31)39(41)47-38/h3-20,32-34,38,44,46H,21-26H2,1-2H3/t32-,33+,34-,38-,40-,41?/m0/s1. The third kappa shape index (κ3) is 4.68. The molecule has 0 aromatic heterocycles. The molecule has 240 valence electrons. The van der Waals surface area contributed by atoms with E-state index in [1.165, 1.54) is 0 Å². The molecule has 6 atom stereocenters. The molecule has 0 amide bonds. The minimum absolute atomic E-state index is 0.143. The van der Waals surface area contributed by atoms with E-state index in [4.69, 9.17) is 4.74 Å². The van der Waals surface area contributed by atoms with Gasteiger partial charge >= 0.3 is 0 Å². The second-order valence-electron chi connectivity index (χ2n) is 14.0. The Morgan fingerprint density at radius 2 is 1.55 bits per heavy atom. The van der Waals surface area contributed by atoms with Crippen LogP contribution in [0, 0.1) is 11.3 Å². The molecule has 1 saturated carbocycles. The van der Waals surface area contributed by atoms with Crippen LogP contribution < -0.4 is 0 Å². The summed E-state index contributed by atoms with van der Waals surface area (Å²) >= 11 is 0. The minimum atomic E-state index is -1.87. The first-order valence-electron chi connectivity index (χ1n) is 16.9. The van der Waals surface area contributed by atoms with Crippen LogP contribution in [0.5, 0.6) is 0 Å². The number of aliphatic hydroxyl groups is 2. The summed E-state index contributed by atoms with van der Waals surface area (Å²) in [7, 11) is 2.18. The lowest BCUT2D eigenvalue weighted by atomic mass is 9.51. The third-order valence-electron chi connectivity index (χ3n) is 11.4. The van der Waals surface area contributed by atoms with E-state index in [0.717, 1.165) is 52.9 Å². The number of piperidine rings is 1. The van der Waals surface area contributed by atoms with Gasteiger partial charge < -0.3 is 24.7 Å². The van der Waals surface area contributed by atoms with Crippen molar-refractivity contribution < 1.29 is 19.7 Å². The number of ketones is 1. The van der Waals surface area contributed by atoms with E-state index < -0.39 is 23.2 Å². The zero-order valence-electron chi connectivity index (χ0n) is 27.0. The number of benzene rings is 3. The molecule has 6 heteroatoms. The highest BCUT2D eigenvalue weighted by Gasteiger charge is 2.68. The van der Waals surface area contributed by atoms with Crippen molar-refractivity contribution in [2.24, 2.45) is 11.3 Å². The van der Waals surface area contributed by atoms with Crippen LogP contribution in [0.1, 0.15) is 42.9 Å². The Morgan fingerprint density at radius 3 is 2.19 bits per heavy atom. The Kier molecular flexibility index (Phi) is 7.36. The number of likely N-dealkylation sites (tertiary alicyclic amines) is 1. The van der Waals surface area contributed by atoms with Gasteiger partial charge in [-0.05, 0) is 55.6 Å². The topological polar surface area (TPSA) is 73.2 Å². The normalized spacial score (nSPS) is 31.0. The summed E-state index contributed by atoms with van der Waals surface area (Å²) < 4.78 is 6.71. The molecule has 8 rings (SSSR count). The lowest BCUT2D eigenvalue weighted by molar-refractivity contribution is -0.137. The van der Waals surface area contributed by atoms with Crippen LogP contribution in [0.2, 0.25) is 0 Å². The second kappa shape index (κ2) is 11.5. The Hall–Kier alpha value is -4.23. The Balaban J connectivity index is 1.26. The van der Waals surface area contributed by atoms with Crippen molar-refractivity contribution in [3.8, 4) is 0 Å². The van der Waals surface area contributed by atoms with Gasteiger partial charge in [-0.25, -0.2) is 0 Å². The van der Waals surface area contributed by atoms with Gasteiger partial charge in [-0.15, -0.1) is 0 Å². The van der Waals surface area contributed by atoms with Crippen LogP contribution >= 0.6 is 0 Å². The SMILES string of the molecule is CC(C(=O)C1(O)CC=C2C[C@@H]3[C@@H]4C=C[C@H](O)[C@@H]5OC1=C2[C@]45CCN3C)=C(c1ccccc1)N(Cc1ccccc1)Cc1ccccc1. The van der Waals surface area contributed by atoms with E-state index in [0.29, 0.717) is 30.5 Å². The average molecular weight is 627 g/mol. The first-order valence-corrected chi connectivity index (χ1v) is 16.9. The fourth-order valence-electron chi connectivity index (χ4n) is 9.16. The van der Waals surface area contributed by atoms with Gasteiger partial charge in [0.2, 0.25) is 0 Å². The van der Waals surface area contributed by atoms with Gasteiger partial charge in [0.25, 0.3) is 0 Å². The number of rotatable bonds is 8. The molecule has 2 fully saturated rings. The molecule has 1 saturated heterocycles. The summed E-state index contributed by atoms with van der Waals surface area (Å²) in [4.78, 5) is 19.7. The minimum Gasteiger partial charge on any atom is -0.487 e. The first kappa shape index (κ1) is 30.1. The molecule has 2 aliphatic heterocycles. The number of carbonyl (C=O) groups is 1. The Morgan fingerprint density at radius 1 is 0.936 bits per heavy atom. The van der Waals surface area contributed by atoms with E-state index in [1.54, 1.807) is 0 Å². The van der Waals surface area contributed by atoms with Crippen molar-refractivity contribution in [3.63, 3.8) is 0 Å². The molecule has 1 spiro atoms. The van der Waals surface area contributed by atoms with Crippen molar-refractivity contribution in [2.45, 2.75) is 63.1 Å². The first-order chi connectivity index (χ1) is 22.8. The Bertz CT molecular complexity index is 1770. The zero-order chi connectivity index (χ0) is 32.3. The maximum absolute atomic E-state index is 15.0. The van der Waals surface area contributed by atoms with Crippen LogP contribution in [-0.2, 0) is 22.6 Å². The maximum Gasteiger partial charge on any atom is 0.200 e. The van der Waals surface area contributed by atoms with Crippen molar-refractivity contribution in [2.75, 3.05) is 13.6 Å².